The number of oxazole rings is 1. The van der Waals surface area contributed by atoms with Crippen molar-refractivity contribution in [3.05, 3.63) is 28.3 Å². The van der Waals surface area contributed by atoms with E-state index in [0.29, 0.717) is 0 Å². The summed E-state index contributed by atoms with van der Waals surface area (Å²) in [4.78, 5) is 14.2. The van der Waals surface area contributed by atoms with Crippen LogP contribution in [0, 0.1) is 10.1 Å². The van der Waals surface area contributed by atoms with Crippen LogP contribution in [-0.4, -0.2) is 37.7 Å². The van der Waals surface area contributed by atoms with Gasteiger partial charge in [-0.15, -0.1) is 0 Å². The average molecular weight is 300 g/mol. The number of para-hydroxylation sites is 1. The summed E-state index contributed by atoms with van der Waals surface area (Å²) in [5, 5.41) is 13.5. The number of rotatable bonds is 6. The summed E-state index contributed by atoms with van der Waals surface area (Å²) >= 11 is 0. The second-order valence-electron chi connectivity index (χ2n) is 3.85. The molecule has 0 aliphatic carbocycles. The van der Waals surface area contributed by atoms with E-state index >= 15 is 0 Å². The van der Waals surface area contributed by atoms with E-state index in [1.54, 1.807) is 6.07 Å². The zero-order valence-electron chi connectivity index (χ0n) is 10.5. The van der Waals surface area contributed by atoms with Gasteiger partial charge in [-0.3, -0.25) is 10.1 Å². The van der Waals surface area contributed by atoms with Crippen molar-refractivity contribution in [2.75, 3.05) is 24.7 Å². The van der Waals surface area contributed by atoms with Gasteiger partial charge in [-0.1, -0.05) is 6.07 Å². The lowest BCUT2D eigenvalue weighted by atomic mass is 10.3. The van der Waals surface area contributed by atoms with Crippen LogP contribution in [0.15, 0.2) is 22.6 Å². The molecule has 0 spiro atoms. The van der Waals surface area contributed by atoms with Crippen LogP contribution in [0.4, 0.5) is 11.7 Å². The standard InChI is InChI=1S/C10H12N4O5S/c1-11-20(17,18)6-5-12-10-13-9-7(14(15)16)3-2-4-8(9)19-10/h2-4,11H,5-6H2,1H3,(H,12,13). The molecule has 0 aliphatic heterocycles. The van der Waals surface area contributed by atoms with Gasteiger partial charge >= 0.3 is 0 Å². The number of benzene rings is 1. The number of hydrogen-bond donors (Lipinski definition) is 2. The molecule has 0 saturated heterocycles. The van der Waals surface area contributed by atoms with Crippen LogP contribution in [0.3, 0.4) is 0 Å². The van der Waals surface area contributed by atoms with Crippen molar-refractivity contribution in [2.24, 2.45) is 0 Å². The molecule has 1 aromatic heterocycles. The Morgan fingerprint density at radius 1 is 1.45 bits per heavy atom. The minimum Gasteiger partial charge on any atom is -0.423 e. The summed E-state index contributed by atoms with van der Waals surface area (Å²) in [5.74, 6) is -0.162. The summed E-state index contributed by atoms with van der Waals surface area (Å²) in [6, 6.07) is 4.40. The number of non-ortho nitro benzene ring substituents is 1. The molecule has 1 aromatic carbocycles. The van der Waals surface area contributed by atoms with Crippen LogP contribution in [0.1, 0.15) is 0 Å². The predicted octanol–water partition coefficient (Wildman–Crippen LogP) is 0.697. The number of anilines is 1. The maximum atomic E-state index is 11.2. The first-order valence-electron chi connectivity index (χ1n) is 5.62. The second kappa shape index (κ2) is 5.43. The number of hydrogen-bond acceptors (Lipinski definition) is 7. The van der Waals surface area contributed by atoms with Gasteiger partial charge in [-0.2, -0.15) is 4.98 Å². The highest BCUT2D eigenvalue weighted by atomic mass is 32.2. The summed E-state index contributed by atoms with van der Waals surface area (Å²) in [7, 11) is -2.01. The molecule has 0 unspecified atom stereocenters. The van der Waals surface area contributed by atoms with Crippen molar-refractivity contribution >= 4 is 32.8 Å². The number of sulfonamides is 1. The molecule has 0 amide bonds. The first-order valence-corrected chi connectivity index (χ1v) is 7.27. The Morgan fingerprint density at radius 3 is 2.85 bits per heavy atom. The fourth-order valence-corrected chi connectivity index (χ4v) is 2.13. The van der Waals surface area contributed by atoms with Gasteiger partial charge < -0.3 is 9.73 Å². The lowest BCUT2D eigenvalue weighted by Crippen LogP contribution is -2.26. The Balaban J connectivity index is 2.17. The minimum atomic E-state index is -3.33. The Kier molecular flexibility index (Phi) is 3.86. The van der Waals surface area contributed by atoms with Gasteiger partial charge in [-0.05, 0) is 13.1 Å². The van der Waals surface area contributed by atoms with E-state index in [0.717, 1.165) is 0 Å². The number of nitrogens with zero attached hydrogens (tertiary/aromatic N) is 2. The lowest BCUT2D eigenvalue weighted by Gasteiger charge is -2.02. The van der Waals surface area contributed by atoms with Gasteiger partial charge in [-0.25, -0.2) is 13.1 Å². The van der Waals surface area contributed by atoms with Crippen molar-refractivity contribution in [3.63, 3.8) is 0 Å². The molecule has 0 aliphatic rings. The van der Waals surface area contributed by atoms with Crippen LogP contribution in [-0.2, 0) is 10.0 Å². The Labute approximate surface area is 114 Å². The molecule has 20 heavy (non-hydrogen) atoms. The molecular formula is C10H12N4O5S. The normalized spacial score (nSPS) is 11.7. The Hall–Kier alpha value is -2.20. The number of nitrogens with one attached hydrogen (secondary N) is 2. The monoisotopic (exact) mass is 300 g/mol. The van der Waals surface area contributed by atoms with Gasteiger partial charge in [0, 0.05) is 12.6 Å². The Morgan fingerprint density at radius 2 is 2.20 bits per heavy atom. The van der Waals surface area contributed by atoms with E-state index in [-0.39, 0.29) is 35.1 Å². The molecule has 0 saturated carbocycles. The highest BCUT2D eigenvalue weighted by Gasteiger charge is 2.17. The lowest BCUT2D eigenvalue weighted by molar-refractivity contribution is -0.383. The van der Waals surface area contributed by atoms with E-state index in [1.807, 2.05) is 0 Å². The summed E-state index contributed by atoms with van der Waals surface area (Å²) in [5.41, 5.74) is 0.219. The summed E-state index contributed by atoms with van der Waals surface area (Å²) in [6.07, 6.45) is 0. The van der Waals surface area contributed by atoms with E-state index in [1.165, 1.54) is 19.2 Å². The number of nitro benzene ring substituents is 1. The molecule has 0 atom stereocenters. The summed E-state index contributed by atoms with van der Waals surface area (Å²) in [6.45, 7) is 0.0732. The van der Waals surface area contributed by atoms with E-state index in [2.05, 4.69) is 15.0 Å². The van der Waals surface area contributed by atoms with Gasteiger partial charge in [0.05, 0.1) is 10.7 Å². The van der Waals surface area contributed by atoms with Gasteiger partial charge in [0.25, 0.3) is 11.7 Å². The quantitative estimate of drug-likeness (QED) is 0.593. The third kappa shape index (κ3) is 3.03. The maximum Gasteiger partial charge on any atom is 0.298 e. The molecule has 10 heteroatoms. The highest BCUT2D eigenvalue weighted by molar-refractivity contribution is 7.89. The first kappa shape index (κ1) is 14.2. The molecule has 2 rings (SSSR count). The third-order valence-electron chi connectivity index (χ3n) is 2.55. The average Bonchev–Trinajstić information content (AvgIpc) is 2.80. The molecule has 2 N–H and O–H groups in total. The third-order valence-corrected chi connectivity index (χ3v) is 3.92. The van der Waals surface area contributed by atoms with Crippen molar-refractivity contribution < 1.29 is 17.8 Å². The van der Waals surface area contributed by atoms with Crippen molar-refractivity contribution in [3.8, 4) is 0 Å². The van der Waals surface area contributed by atoms with Crippen molar-refractivity contribution in [1.29, 1.82) is 0 Å². The molecule has 1 heterocycles. The zero-order valence-corrected chi connectivity index (χ0v) is 11.3. The zero-order chi connectivity index (χ0) is 14.8. The van der Waals surface area contributed by atoms with Gasteiger partial charge in [0.1, 0.15) is 0 Å². The first-order chi connectivity index (χ1) is 9.43. The smallest absolute Gasteiger partial charge is 0.298 e. The molecule has 108 valence electrons. The molecule has 0 fully saturated rings. The molecule has 9 nitrogen and oxygen atoms in total. The summed E-state index contributed by atoms with van der Waals surface area (Å²) < 4.78 is 29.9. The topological polar surface area (TPSA) is 127 Å². The maximum absolute atomic E-state index is 11.2. The molecule has 0 radical (unpaired) electrons. The van der Waals surface area contributed by atoms with Crippen molar-refractivity contribution in [2.45, 2.75) is 0 Å². The van der Waals surface area contributed by atoms with Crippen molar-refractivity contribution in [1.82, 2.24) is 9.71 Å². The Bertz CT molecular complexity index is 739. The number of aromatic nitrogens is 1. The fourth-order valence-electron chi connectivity index (χ4n) is 1.55. The largest absolute Gasteiger partial charge is 0.423 e. The van der Waals surface area contributed by atoms with E-state index in [9.17, 15) is 18.5 Å². The van der Waals surface area contributed by atoms with Crippen LogP contribution < -0.4 is 10.0 Å². The highest BCUT2D eigenvalue weighted by Crippen LogP contribution is 2.27. The number of fused-ring (bicyclic) bond motifs is 1. The predicted molar refractivity (Wildman–Crippen MR) is 72.0 cm³/mol. The fraction of sp³-hybridized carbons (Fsp3) is 0.300. The van der Waals surface area contributed by atoms with Crippen LogP contribution in [0.2, 0.25) is 0 Å². The van der Waals surface area contributed by atoms with Gasteiger partial charge in [0.15, 0.2) is 11.1 Å². The number of nitro groups is 1. The van der Waals surface area contributed by atoms with E-state index < -0.39 is 14.9 Å². The molecular weight excluding hydrogens is 288 g/mol. The molecule has 0 bridgehead atoms. The van der Waals surface area contributed by atoms with Crippen LogP contribution in [0.5, 0.6) is 0 Å². The van der Waals surface area contributed by atoms with Crippen LogP contribution >= 0.6 is 0 Å². The molecule has 2 aromatic rings. The van der Waals surface area contributed by atoms with Crippen LogP contribution in [0.25, 0.3) is 11.1 Å². The minimum absolute atomic E-state index is 0.0422. The van der Waals surface area contributed by atoms with E-state index in [4.69, 9.17) is 4.42 Å². The SMILES string of the molecule is CNS(=O)(=O)CCNc1nc2c([N+](=O)[O-])cccc2o1. The second-order valence-corrected chi connectivity index (χ2v) is 5.90. The van der Waals surface area contributed by atoms with Gasteiger partial charge in [0.2, 0.25) is 10.0 Å².